The van der Waals surface area contributed by atoms with E-state index >= 15 is 0 Å². The highest BCUT2D eigenvalue weighted by Gasteiger charge is 2.39. The van der Waals surface area contributed by atoms with Crippen LogP contribution in [0.3, 0.4) is 0 Å². The van der Waals surface area contributed by atoms with Crippen molar-refractivity contribution >= 4 is 5.91 Å². The van der Waals surface area contributed by atoms with Crippen LogP contribution < -0.4 is 11.1 Å². The number of hydrogen-bond donors (Lipinski definition) is 2. The highest BCUT2D eigenvalue weighted by atomic mass is 16.1. The van der Waals surface area contributed by atoms with Crippen molar-refractivity contribution in [3.8, 4) is 0 Å². The van der Waals surface area contributed by atoms with Gasteiger partial charge in [0.1, 0.15) is 0 Å². The first-order valence-electron chi connectivity index (χ1n) is 6.42. The maximum atomic E-state index is 12.0. The van der Waals surface area contributed by atoms with Crippen molar-refractivity contribution in [3.63, 3.8) is 0 Å². The number of amides is 1. The smallest absolute Gasteiger partial charge is 0.227 e. The van der Waals surface area contributed by atoms with Crippen LogP contribution in [0.25, 0.3) is 0 Å². The van der Waals surface area contributed by atoms with Gasteiger partial charge in [0, 0.05) is 18.1 Å². The van der Waals surface area contributed by atoms with Crippen molar-refractivity contribution in [3.05, 3.63) is 12.2 Å². The van der Waals surface area contributed by atoms with Gasteiger partial charge in [-0.05, 0) is 39.8 Å². The number of nitrogens with zero attached hydrogens (tertiary/aromatic N) is 1. The molecular formula is C13H23N3O. The molecule has 3 N–H and O–H groups in total. The molecule has 96 valence electrons. The van der Waals surface area contributed by atoms with Crippen molar-refractivity contribution in [2.24, 2.45) is 11.7 Å². The summed E-state index contributed by atoms with van der Waals surface area (Å²) < 4.78 is 0. The van der Waals surface area contributed by atoms with Gasteiger partial charge in [0.25, 0.3) is 0 Å². The van der Waals surface area contributed by atoms with Gasteiger partial charge in [-0.25, -0.2) is 0 Å². The topological polar surface area (TPSA) is 58.4 Å². The van der Waals surface area contributed by atoms with Gasteiger partial charge in [-0.2, -0.15) is 0 Å². The number of hydrogen-bond acceptors (Lipinski definition) is 3. The molecule has 2 atom stereocenters. The van der Waals surface area contributed by atoms with Crippen LogP contribution in [0.4, 0.5) is 0 Å². The number of nitrogens with two attached hydrogens (primary N) is 1. The zero-order chi connectivity index (χ0) is 12.5. The minimum atomic E-state index is -0.0238. The van der Waals surface area contributed by atoms with Gasteiger partial charge in [0.05, 0.1) is 5.92 Å². The number of likely N-dealkylation sites (N-methyl/N-ethyl adjacent to an activating group) is 1. The molecule has 0 spiro atoms. The second kappa shape index (κ2) is 4.78. The van der Waals surface area contributed by atoms with Gasteiger partial charge in [-0.1, -0.05) is 12.2 Å². The molecule has 2 aliphatic rings. The zero-order valence-corrected chi connectivity index (χ0v) is 10.8. The molecular weight excluding hydrogens is 214 g/mol. The van der Waals surface area contributed by atoms with Crippen molar-refractivity contribution in [2.45, 2.75) is 37.3 Å². The van der Waals surface area contributed by atoms with E-state index in [0.717, 1.165) is 13.0 Å². The second-order valence-corrected chi connectivity index (χ2v) is 5.58. The summed E-state index contributed by atoms with van der Waals surface area (Å²) in [6, 6.07) is 0.0530. The van der Waals surface area contributed by atoms with E-state index in [9.17, 15) is 4.79 Å². The molecule has 1 fully saturated rings. The Morgan fingerprint density at radius 2 is 2.18 bits per heavy atom. The molecule has 17 heavy (non-hydrogen) atoms. The summed E-state index contributed by atoms with van der Waals surface area (Å²) >= 11 is 0. The van der Waals surface area contributed by atoms with Crippen LogP contribution in [0.2, 0.25) is 0 Å². The van der Waals surface area contributed by atoms with E-state index in [4.69, 9.17) is 5.73 Å². The Bertz CT molecular complexity index is 321. The summed E-state index contributed by atoms with van der Waals surface area (Å²) in [5.74, 6) is 0.103. The minimum absolute atomic E-state index is 0.0238. The molecule has 2 rings (SSSR count). The van der Waals surface area contributed by atoms with Crippen LogP contribution in [0, 0.1) is 5.92 Å². The maximum Gasteiger partial charge on any atom is 0.227 e. The van der Waals surface area contributed by atoms with Crippen LogP contribution >= 0.6 is 0 Å². The fraction of sp³-hybridized carbons (Fsp3) is 0.769. The molecule has 0 bridgehead atoms. The predicted molar refractivity (Wildman–Crippen MR) is 68.5 cm³/mol. The van der Waals surface area contributed by atoms with Gasteiger partial charge < -0.3 is 16.0 Å². The Hall–Kier alpha value is -0.870. The molecule has 0 heterocycles. The van der Waals surface area contributed by atoms with E-state index in [1.54, 1.807) is 0 Å². The molecule has 0 radical (unpaired) electrons. The highest BCUT2D eigenvalue weighted by molar-refractivity contribution is 5.81. The molecule has 4 heteroatoms. The van der Waals surface area contributed by atoms with E-state index in [2.05, 4.69) is 24.3 Å². The minimum Gasteiger partial charge on any atom is -0.354 e. The SMILES string of the molecule is CN(C)C1(CNC(=O)C2C=CC(N)C2)CCC1. The molecule has 0 aliphatic heterocycles. The van der Waals surface area contributed by atoms with E-state index in [1.165, 1.54) is 19.3 Å². The summed E-state index contributed by atoms with van der Waals surface area (Å²) in [5.41, 5.74) is 5.95. The van der Waals surface area contributed by atoms with Crippen molar-refractivity contribution in [1.82, 2.24) is 10.2 Å². The molecule has 1 amide bonds. The lowest BCUT2D eigenvalue weighted by Gasteiger charge is -2.47. The predicted octanol–water partition coefficient (Wildman–Crippen LogP) is 0.490. The fourth-order valence-corrected chi connectivity index (χ4v) is 2.67. The highest BCUT2D eigenvalue weighted by Crippen LogP contribution is 2.35. The molecule has 0 saturated heterocycles. The first-order chi connectivity index (χ1) is 8.03. The number of nitrogens with one attached hydrogen (secondary N) is 1. The lowest BCUT2D eigenvalue weighted by molar-refractivity contribution is -0.124. The molecule has 0 aromatic rings. The fourth-order valence-electron chi connectivity index (χ4n) is 2.67. The second-order valence-electron chi connectivity index (χ2n) is 5.58. The van der Waals surface area contributed by atoms with Crippen LogP contribution in [0.1, 0.15) is 25.7 Å². The molecule has 2 aliphatic carbocycles. The average molecular weight is 237 g/mol. The van der Waals surface area contributed by atoms with Crippen molar-refractivity contribution < 1.29 is 4.79 Å². The third-order valence-electron chi connectivity index (χ3n) is 4.28. The number of carbonyl (C=O) groups excluding carboxylic acids is 1. The summed E-state index contributed by atoms with van der Waals surface area (Å²) in [6.07, 6.45) is 8.24. The first kappa shape index (κ1) is 12.6. The lowest BCUT2D eigenvalue weighted by Crippen LogP contribution is -2.57. The van der Waals surface area contributed by atoms with Crippen LogP contribution in [-0.4, -0.2) is 43.0 Å². The Kier molecular flexibility index (Phi) is 3.54. The van der Waals surface area contributed by atoms with Gasteiger partial charge in [-0.3, -0.25) is 4.79 Å². The maximum absolute atomic E-state index is 12.0. The van der Waals surface area contributed by atoms with Crippen LogP contribution in [0.15, 0.2) is 12.2 Å². The average Bonchev–Trinajstić information content (AvgIpc) is 2.62. The number of carbonyl (C=O) groups is 1. The third kappa shape index (κ3) is 2.53. The Morgan fingerprint density at radius 1 is 1.47 bits per heavy atom. The Labute approximate surface area is 103 Å². The summed E-state index contributed by atoms with van der Waals surface area (Å²) in [6.45, 7) is 0.762. The monoisotopic (exact) mass is 237 g/mol. The molecule has 2 unspecified atom stereocenters. The summed E-state index contributed by atoms with van der Waals surface area (Å²) in [7, 11) is 4.19. The van der Waals surface area contributed by atoms with Crippen LogP contribution in [0.5, 0.6) is 0 Å². The normalized spacial score (nSPS) is 30.4. The van der Waals surface area contributed by atoms with Crippen molar-refractivity contribution in [1.29, 1.82) is 0 Å². The van der Waals surface area contributed by atoms with E-state index < -0.39 is 0 Å². The van der Waals surface area contributed by atoms with Gasteiger partial charge in [-0.15, -0.1) is 0 Å². The third-order valence-corrected chi connectivity index (χ3v) is 4.28. The largest absolute Gasteiger partial charge is 0.354 e. The van der Waals surface area contributed by atoms with Gasteiger partial charge in [0.15, 0.2) is 0 Å². The van der Waals surface area contributed by atoms with E-state index in [-0.39, 0.29) is 23.4 Å². The molecule has 0 aromatic heterocycles. The van der Waals surface area contributed by atoms with Crippen LogP contribution in [-0.2, 0) is 4.79 Å². The van der Waals surface area contributed by atoms with Gasteiger partial charge >= 0.3 is 0 Å². The lowest BCUT2D eigenvalue weighted by atomic mass is 9.75. The summed E-state index contributed by atoms with van der Waals surface area (Å²) in [5, 5.41) is 3.08. The zero-order valence-electron chi connectivity index (χ0n) is 10.8. The summed E-state index contributed by atoms with van der Waals surface area (Å²) in [4.78, 5) is 14.2. The van der Waals surface area contributed by atoms with Crippen molar-refractivity contribution in [2.75, 3.05) is 20.6 Å². The Balaban J connectivity index is 1.82. The number of rotatable bonds is 4. The quantitative estimate of drug-likeness (QED) is 0.700. The first-order valence-corrected chi connectivity index (χ1v) is 6.42. The standard InChI is InChI=1S/C13H23N3O/c1-16(2)13(6-3-7-13)9-15-12(17)10-4-5-11(14)8-10/h4-5,10-11H,3,6-9,14H2,1-2H3,(H,15,17). The van der Waals surface area contributed by atoms with E-state index in [1.807, 2.05) is 12.2 Å². The molecule has 4 nitrogen and oxygen atoms in total. The molecule has 0 aromatic carbocycles. The Morgan fingerprint density at radius 3 is 2.59 bits per heavy atom. The van der Waals surface area contributed by atoms with Gasteiger partial charge in [0.2, 0.25) is 5.91 Å². The molecule has 1 saturated carbocycles. The van der Waals surface area contributed by atoms with E-state index in [0.29, 0.717) is 0 Å².